The zero-order valence-electron chi connectivity index (χ0n) is 26.4. The second-order valence-corrected chi connectivity index (χ2v) is 12.6. The van der Waals surface area contributed by atoms with E-state index in [1.54, 1.807) is 30.3 Å². The summed E-state index contributed by atoms with van der Waals surface area (Å²) in [6.07, 6.45) is 19.0. The van der Waals surface area contributed by atoms with Gasteiger partial charge in [0.1, 0.15) is 22.2 Å². The van der Waals surface area contributed by atoms with Crippen LogP contribution < -0.4 is 15.1 Å². The number of rotatable bonds is 20. The molecule has 237 valence electrons. The van der Waals surface area contributed by atoms with Crippen molar-refractivity contribution in [3.8, 4) is 11.5 Å². The molecule has 2 amide bonds. The van der Waals surface area contributed by atoms with Gasteiger partial charge in [0.15, 0.2) is 0 Å². The van der Waals surface area contributed by atoms with Crippen molar-refractivity contribution < 1.29 is 27.3 Å². The predicted octanol–water partition coefficient (Wildman–Crippen LogP) is 7.77. The molecular formula is C33H47N3NaO6S. The van der Waals surface area contributed by atoms with Crippen LogP contribution in [0.15, 0.2) is 58.5 Å². The third-order valence-corrected chi connectivity index (χ3v) is 8.36. The van der Waals surface area contributed by atoms with Crippen LogP contribution in [0.2, 0.25) is 0 Å². The van der Waals surface area contributed by atoms with Crippen molar-refractivity contribution in [1.82, 2.24) is 5.32 Å². The minimum atomic E-state index is -4.67. The summed E-state index contributed by atoms with van der Waals surface area (Å²) < 4.78 is 39.5. The van der Waals surface area contributed by atoms with E-state index in [2.05, 4.69) is 17.3 Å². The Morgan fingerprint density at radius 3 is 1.95 bits per heavy atom. The molecule has 9 nitrogen and oxygen atoms in total. The van der Waals surface area contributed by atoms with E-state index < -0.39 is 20.9 Å². The molecule has 0 bridgehead atoms. The quantitative estimate of drug-likeness (QED) is 0.0869. The predicted molar refractivity (Wildman–Crippen MR) is 176 cm³/mol. The summed E-state index contributed by atoms with van der Waals surface area (Å²) in [5.74, 6) is -0.137. The molecule has 2 aromatic carbocycles. The Labute approximate surface area is 285 Å². The van der Waals surface area contributed by atoms with Crippen molar-refractivity contribution in [3.05, 3.63) is 48.5 Å². The maximum Gasteiger partial charge on any atom is 0.298 e. The summed E-state index contributed by atoms with van der Waals surface area (Å²) in [4.78, 5) is 24.6. The van der Waals surface area contributed by atoms with Crippen LogP contribution in [0, 0.1) is 0 Å². The van der Waals surface area contributed by atoms with Gasteiger partial charge in [-0.25, -0.2) is 0 Å². The molecule has 11 heteroatoms. The molecule has 0 unspecified atom stereocenters. The second kappa shape index (κ2) is 20.7. The molecule has 1 heterocycles. The molecular weight excluding hydrogens is 589 g/mol. The summed E-state index contributed by atoms with van der Waals surface area (Å²) in [6.45, 7) is 2.25. The Morgan fingerprint density at radius 1 is 0.864 bits per heavy atom. The zero-order valence-corrected chi connectivity index (χ0v) is 29.2. The van der Waals surface area contributed by atoms with Gasteiger partial charge in [-0.05, 0) is 36.8 Å². The minimum Gasteiger partial charge on any atom is -0.456 e. The number of hydrazone groups is 1. The average Bonchev–Trinajstić information content (AvgIpc) is 3.34. The number of anilines is 1. The van der Waals surface area contributed by atoms with Crippen LogP contribution in [0.25, 0.3) is 0 Å². The molecule has 0 spiro atoms. The van der Waals surface area contributed by atoms with Crippen LogP contribution in [0.3, 0.4) is 0 Å². The molecule has 2 aromatic rings. The van der Waals surface area contributed by atoms with Crippen LogP contribution in [0.5, 0.6) is 11.5 Å². The number of nitrogens with zero attached hydrogens (tertiary/aromatic N) is 2. The number of carbonyl (C=O) groups excluding carboxylic acids is 2. The van der Waals surface area contributed by atoms with Gasteiger partial charge in [-0.15, -0.1) is 0 Å². The van der Waals surface area contributed by atoms with Crippen molar-refractivity contribution in [2.45, 2.75) is 121 Å². The average molecular weight is 637 g/mol. The normalized spacial score (nSPS) is 13.0. The van der Waals surface area contributed by atoms with Gasteiger partial charge in [0.2, 0.25) is 5.91 Å². The number of hydrogen-bond acceptors (Lipinski definition) is 6. The first-order chi connectivity index (χ1) is 20.8. The van der Waals surface area contributed by atoms with E-state index in [0.717, 1.165) is 30.3 Å². The standard InChI is InChI=1S/C33H47N3O6S.Na/c1-2-3-4-5-6-7-8-9-10-11-12-13-14-15-19-22-32(37)34-31-26-33(38)36(35-31)27-23-24-29(30(25-27)43(39,40)41)42-28-20-17-16-18-21-28;/h16-18,20-21,23-25H,2-15,19,22,26H2,1H3,(H,34,35,37)(H,39,40,41);. The van der Waals surface area contributed by atoms with E-state index in [9.17, 15) is 22.6 Å². The number of benzene rings is 2. The molecule has 2 N–H and O–H groups in total. The third kappa shape index (κ3) is 13.8. The van der Waals surface area contributed by atoms with Gasteiger partial charge in [-0.3, -0.25) is 14.1 Å². The van der Waals surface area contributed by atoms with Crippen molar-refractivity contribution in [2.75, 3.05) is 5.01 Å². The van der Waals surface area contributed by atoms with E-state index in [4.69, 9.17) is 4.74 Å². The molecule has 1 aliphatic heterocycles. The Hall–Kier alpha value is -2.24. The van der Waals surface area contributed by atoms with Crippen LogP contribution in [0.4, 0.5) is 5.69 Å². The first-order valence-electron chi connectivity index (χ1n) is 15.8. The summed E-state index contributed by atoms with van der Waals surface area (Å²) >= 11 is 0. The van der Waals surface area contributed by atoms with Gasteiger partial charge in [-0.2, -0.15) is 18.5 Å². The Bertz CT molecular complexity index is 1300. The van der Waals surface area contributed by atoms with Crippen LogP contribution in [0.1, 0.15) is 116 Å². The summed E-state index contributed by atoms with van der Waals surface area (Å²) in [6, 6.07) is 12.5. The van der Waals surface area contributed by atoms with E-state index >= 15 is 0 Å². The number of carbonyl (C=O) groups is 2. The molecule has 44 heavy (non-hydrogen) atoms. The molecule has 0 aromatic heterocycles. The fourth-order valence-corrected chi connectivity index (χ4v) is 5.74. The summed E-state index contributed by atoms with van der Waals surface area (Å²) in [5, 5.41) is 7.91. The van der Waals surface area contributed by atoms with Gasteiger partial charge >= 0.3 is 0 Å². The van der Waals surface area contributed by atoms with E-state index in [1.165, 1.54) is 89.2 Å². The molecule has 1 radical (unpaired) electrons. The number of ether oxygens (including phenoxy) is 1. The van der Waals surface area contributed by atoms with Crippen molar-refractivity contribution in [3.63, 3.8) is 0 Å². The van der Waals surface area contributed by atoms with E-state index in [1.807, 2.05) is 0 Å². The summed E-state index contributed by atoms with van der Waals surface area (Å²) in [7, 11) is -4.67. The third-order valence-electron chi connectivity index (χ3n) is 7.49. The smallest absolute Gasteiger partial charge is 0.298 e. The fraction of sp³-hybridized carbons (Fsp3) is 0.545. The topological polar surface area (TPSA) is 125 Å². The molecule has 3 rings (SSSR count). The van der Waals surface area contributed by atoms with Gasteiger partial charge < -0.3 is 10.1 Å². The second-order valence-electron chi connectivity index (χ2n) is 11.2. The van der Waals surface area contributed by atoms with Gasteiger partial charge in [0.05, 0.1) is 12.1 Å². The van der Waals surface area contributed by atoms with Gasteiger partial charge in [-0.1, -0.05) is 115 Å². The SMILES string of the molecule is CCCCCCCCCCCCCCCCCC(=O)NC1=NN(c2ccc(Oc3ccccc3)c(S(=O)(=O)O)c2)C(=O)C1.[Na]. The number of hydrogen-bond donors (Lipinski definition) is 2. The number of amidine groups is 1. The number of amides is 2. The van der Waals surface area contributed by atoms with Crippen molar-refractivity contribution in [2.24, 2.45) is 5.10 Å². The molecule has 0 fully saturated rings. The number of para-hydroxylation sites is 1. The minimum absolute atomic E-state index is 0. The maximum atomic E-state index is 12.6. The molecule has 0 aliphatic carbocycles. The molecule has 0 saturated heterocycles. The Kier molecular flexibility index (Phi) is 17.9. The fourth-order valence-electron chi connectivity index (χ4n) is 5.11. The number of unbranched alkanes of at least 4 members (excludes halogenated alkanes) is 14. The Balaban J connectivity index is 0.00000675. The molecule has 1 aliphatic rings. The summed E-state index contributed by atoms with van der Waals surface area (Å²) in [5.41, 5.74) is 0.129. The Morgan fingerprint density at radius 2 is 1.41 bits per heavy atom. The largest absolute Gasteiger partial charge is 0.456 e. The monoisotopic (exact) mass is 636 g/mol. The van der Waals surface area contributed by atoms with E-state index in [0.29, 0.717) is 12.2 Å². The number of nitrogens with one attached hydrogen (secondary N) is 1. The first-order valence-corrected chi connectivity index (χ1v) is 17.3. The maximum absolute atomic E-state index is 12.6. The molecule has 0 saturated carbocycles. The van der Waals surface area contributed by atoms with Crippen molar-refractivity contribution >= 4 is 63.0 Å². The van der Waals surface area contributed by atoms with Gasteiger partial charge in [0, 0.05) is 36.0 Å². The van der Waals surface area contributed by atoms with Crippen LogP contribution in [-0.2, 0) is 19.7 Å². The van der Waals surface area contributed by atoms with Crippen molar-refractivity contribution in [1.29, 1.82) is 0 Å². The van der Waals surface area contributed by atoms with Gasteiger partial charge in [0.25, 0.3) is 16.0 Å². The van der Waals surface area contributed by atoms with Crippen LogP contribution >= 0.6 is 0 Å². The zero-order chi connectivity index (χ0) is 30.9. The molecule has 0 atom stereocenters. The van der Waals surface area contributed by atoms with E-state index in [-0.39, 0.29) is 59.2 Å². The first kappa shape index (κ1) is 37.9. The van der Waals surface area contributed by atoms with Crippen LogP contribution in [-0.4, -0.2) is 60.2 Å².